The zero-order valence-corrected chi connectivity index (χ0v) is 12.9. The Morgan fingerprint density at radius 1 is 1.05 bits per heavy atom. The van der Waals surface area contributed by atoms with E-state index in [-0.39, 0.29) is 6.04 Å². The van der Waals surface area contributed by atoms with Crippen LogP contribution in [-0.4, -0.2) is 36.5 Å². The minimum absolute atomic E-state index is 0.00750. The molecule has 3 nitrogen and oxygen atoms in total. The van der Waals surface area contributed by atoms with Gasteiger partial charge in [0, 0.05) is 13.1 Å². The average Bonchev–Trinajstić information content (AvgIpc) is 3.33. The molecule has 114 valence electrons. The highest BCUT2D eigenvalue weighted by Gasteiger charge is 2.41. The van der Waals surface area contributed by atoms with Crippen molar-refractivity contribution in [2.45, 2.75) is 64.3 Å². The maximum Gasteiger partial charge on any atom is 0.239 e. The summed E-state index contributed by atoms with van der Waals surface area (Å²) in [6.07, 6.45) is 10.7. The second-order valence-corrected chi connectivity index (χ2v) is 7.21. The molecule has 1 heterocycles. The number of hydrogen-bond donors (Lipinski definition) is 1. The van der Waals surface area contributed by atoms with E-state index in [1.54, 1.807) is 0 Å². The Bertz CT molecular complexity index is 316. The van der Waals surface area contributed by atoms with Crippen molar-refractivity contribution < 1.29 is 4.79 Å². The molecular formula is C17H30N2O. The van der Waals surface area contributed by atoms with Crippen molar-refractivity contribution in [3.63, 3.8) is 0 Å². The van der Waals surface area contributed by atoms with Crippen molar-refractivity contribution in [1.29, 1.82) is 0 Å². The summed E-state index contributed by atoms with van der Waals surface area (Å²) in [4.78, 5) is 14.6. The third-order valence-electron chi connectivity index (χ3n) is 5.40. The van der Waals surface area contributed by atoms with Crippen LogP contribution in [0, 0.1) is 17.8 Å². The Morgan fingerprint density at radius 3 is 2.10 bits per heavy atom. The van der Waals surface area contributed by atoms with Crippen LogP contribution in [0.2, 0.25) is 0 Å². The molecule has 1 amide bonds. The molecule has 2 saturated carbocycles. The second kappa shape index (κ2) is 6.46. The van der Waals surface area contributed by atoms with Gasteiger partial charge < -0.3 is 10.2 Å². The van der Waals surface area contributed by atoms with E-state index < -0.39 is 0 Å². The van der Waals surface area contributed by atoms with Gasteiger partial charge in [0.25, 0.3) is 0 Å². The van der Waals surface area contributed by atoms with Gasteiger partial charge in [0.15, 0.2) is 0 Å². The van der Waals surface area contributed by atoms with Crippen LogP contribution < -0.4 is 5.32 Å². The molecule has 1 atom stereocenters. The van der Waals surface area contributed by atoms with Crippen LogP contribution in [0.3, 0.4) is 0 Å². The first-order valence-electron chi connectivity index (χ1n) is 8.78. The Labute approximate surface area is 123 Å². The average molecular weight is 278 g/mol. The van der Waals surface area contributed by atoms with Gasteiger partial charge in [-0.2, -0.15) is 0 Å². The standard InChI is InChI=1S/C17H30N2O/c1-13(17(20)19-10-4-2-3-5-11-19)18-12-16(14-6-7-14)15-8-9-15/h13-16,18H,2-12H2,1H3. The van der Waals surface area contributed by atoms with E-state index in [1.165, 1.54) is 51.4 Å². The van der Waals surface area contributed by atoms with Gasteiger partial charge in [0.1, 0.15) is 0 Å². The fourth-order valence-electron chi connectivity index (χ4n) is 3.73. The zero-order valence-electron chi connectivity index (χ0n) is 12.9. The summed E-state index contributed by atoms with van der Waals surface area (Å²) in [5.74, 6) is 3.12. The van der Waals surface area contributed by atoms with Gasteiger partial charge >= 0.3 is 0 Å². The van der Waals surface area contributed by atoms with E-state index in [0.717, 1.165) is 37.4 Å². The molecule has 0 aromatic carbocycles. The van der Waals surface area contributed by atoms with Crippen LogP contribution in [0.25, 0.3) is 0 Å². The Morgan fingerprint density at radius 2 is 1.60 bits per heavy atom. The summed E-state index contributed by atoms with van der Waals surface area (Å²) in [5, 5.41) is 3.55. The molecular weight excluding hydrogens is 248 g/mol. The maximum absolute atomic E-state index is 12.5. The van der Waals surface area contributed by atoms with Crippen molar-refractivity contribution in [3.05, 3.63) is 0 Å². The minimum Gasteiger partial charge on any atom is -0.341 e. The van der Waals surface area contributed by atoms with Crippen molar-refractivity contribution in [3.8, 4) is 0 Å². The number of hydrogen-bond acceptors (Lipinski definition) is 2. The predicted molar refractivity (Wildman–Crippen MR) is 81.5 cm³/mol. The molecule has 0 radical (unpaired) electrons. The largest absolute Gasteiger partial charge is 0.341 e. The molecule has 0 bridgehead atoms. The molecule has 1 N–H and O–H groups in total. The van der Waals surface area contributed by atoms with Crippen LogP contribution in [0.15, 0.2) is 0 Å². The second-order valence-electron chi connectivity index (χ2n) is 7.21. The fraction of sp³-hybridized carbons (Fsp3) is 0.941. The normalized spacial score (nSPS) is 25.6. The molecule has 3 fully saturated rings. The lowest BCUT2D eigenvalue weighted by Gasteiger charge is -2.26. The number of likely N-dealkylation sites (tertiary alicyclic amines) is 1. The Hall–Kier alpha value is -0.570. The first kappa shape index (κ1) is 14.4. The number of carbonyl (C=O) groups excluding carboxylic acids is 1. The molecule has 1 aliphatic heterocycles. The lowest BCUT2D eigenvalue weighted by atomic mass is 9.97. The number of carbonyl (C=O) groups is 1. The zero-order chi connectivity index (χ0) is 13.9. The minimum atomic E-state index is 0.00750. The van der Waals surface area contributed by atoms with Crippen molar-refractivity contribution in [1.82, 2.24) is 10.2 Å². The monoisotopic (exact) mass is 278 g/mol. The molecule has 1 unspecified atom stereocenters. The van der Waals surface area contributed by atoms with Crippen LogP contribution >= 0.6 is 0 Å². The van der Waals surface area contributed by atoms with Gasteiger partial charge in [0.05, 0.1) is 6.04 Å². The van der Waals surface area contributed by atoms with Crippen LogP contribution in [0.1, 0.15) is 58.3 Å². The van der Waals surface area contributed by atoms with Crippen molar-refractivity contribution in [2.24, 2.45) is 17.8 Å². The smallest absolute Gasteiger partial charge is 0.239 e. The van der Waals surface area contributed by atoms with Gasteiger partial charge in [-0.1, -0.05) is 12.8 Å². The highest BCUT2D eigenvalue weighted by Crippen LogP contribution is 2.48. The summed E-state index contributed by atoms with van der Waals surface area (Å²) < 4.78 is 0. The van der Waals surface area contributed by atoms with Gasteiger partial charge in [-0.05, 0) is 69.7 Å². The highest BCUT2D eigenvalue weighted by atomic mass is 16.2. The predicted octanol–water partition coefficient (Wildman–Crippen LogP) is 2.80. The number of amides is 1. The molecule has 20 heavy (non-hydrogen) atoms. The third kappa shape index (κ3) is 3.75. The van der Waals surface area contributed by atoms with Crippen LogP contribution in [0.5, 0.6) is 0 Å². The highest BCUT2D eigenvalue weighted by molar-refractivity contribution is 5.81. The van der Waals surface area contributed by atoms with E-state index in [4.69, 9.17) is 0 Å². The summed E-state index contributed by atoms with van der Waals surface area (Å²) in [5.41, 5.74) is 0. The lowest BCUT2D eigenvalue weighted by Crippen LogP contribution is -2.46. The lowest BCUT2D eigenvalue weighted by molar-refractivity contribution is -0.133. The van der Waals surface area contributed by atoms with Gasteiger partial charge in [-0.15, -0.1) is 0 Å². The summed E-state index contributed by atoms with van der Waals surface area (Å²) in [7, 11) is 0. The molecule has 2 aliphatic carbocycles. The Balaban J connectivity index is 1.44. The summed E-state index contributed by atoms with van der Waals surface area (Å²) in [6.45, 7) is 5.07. The summed E-state index contributed by atoms with van der Waals surface area (Å²) in [6, 6.07) is 0.00750. The molecule has 3 heteroatoms. The first-order valence-corrected chi connectivity index (χ1v) is 8.78. The topological polar surface area (TPSA) is 32.3 Å². The van der Waals surface area contributed by atoms with Crippen molar-refractivity contribution in [2.75, 3.05) is 19.6 Å². The number of nitrogens with one attached hydrogen (secondary N) is 1. The van der Waals surface area contributed by atoms with Gasteiger partial charge in [0.2, 0.25) is 5.91 Å². The number of rotatable bonds is 6. The molecule has 0 aromatic heterocycles. The van der Waals surface area contributed by atoms with E-state index in [9.17, 15) is 4.79 Å². The first-order chi connectivity index (χ1) is 9.75. The quantitative estimate of drug-likeness (QED) is 0.810. The third-order valence-corrected chi connectivity index (χ3v) is 5.40. The molecule has 0 aromatic rings. The number of nitrogens with zero attached hydrogens (tertiary/aromatic N) is 1. The van der Waals surface area contributed by atoms with Crippen molar-refractivity contribution >= 4 is 5.91 Å². The summed E-state index contributed by atoms with van der Waals surface area (Å²) >= 11 is 0. The fourth-order valence-corrected chi connectivity index (χ4v) is 3.73. The van der Waals surface area contributed by atoms with Crippen LogP contribution in [0.4, 0.5) is 0 Å². The molecule has 3 aliphatic rings. The molecule has 0 spiro atoms. The van der Waals surface area contributed by atoms with E-state index in [0.29, 0.717) is 5.91 Å². The van der Waals surface area contributed by atoms with E-state index in [1.807, 2.05) is 0 Å². The van der Waals surface area contributed by atoms with Gasteiger partial charge in [-0.3, -0.25) is 4.79 Å². The van der Waals surface area contributed by atoms with E-state index in [2.05, 4.69) is 17.1 Å². The maximum atomic E-state index is 12.5. The SMILES string of the molecule is CC(NCC(C1CC1)C1CC1)C(=O)N1CCCCCC1. The van der Waals surface area contributed by atoms with Crippen LogP contribution in [-0.2, 0) is 4.79 Å². The Kier molecular flexibility index (Phi) is 4.65. The molecule has 1 saturated heterocycles. The van der Waals surface area contributed by atoms with Gasteiger partial charge in [-0.25, -0.2) is 0 Å². The molecule has 3 rings (SSSR count). The van der Waals surface area contributed by atoms with E-state index >= 15 is 0 Å².